The Morgan fingerprint density at radius 2 is 0.583 bits per heavy atom. The quantitative estimate of drug-likeness (QED) is 0.121. The summed E-state index contributed by atoms with van der Waals surface area (Å²) in [5.74, 6) is 0. The van der Waals surface area contributed by atoms with Gasteiger partial charge in [0.25, 0.3) is 0 Å². The standard InChI is InChI=1S/6C6H5.C5H12O3P.Li.2Sn/c6*1-2-4-6-5-3-1;1-4-7-9(3,6)8-5-2;;;/h6*1-5H;3-5H2,1-2H3;;;/q;;;;;;-1;+1;;. The summed E-state index contributed by atoms with van der Waals surface area (Å²) in [5, 5.41) is 0. The zero-order valence-electron chi connectivity index (χ0n) is 28.1. The van der Waals surface area contributed by atoms with Gasteiger partial charge in [-0.3, -0.25) is 4.57 Å². The molecule has 0 saturated carbocycles. The normalized spacial score (nSPS) is 10.6. The van der Waals surface area contributed by atoms with Crippen LogP contribution >= 0.6 is 7.60 Å². The van der Waals surface area contributed by atoms with Crippen molar-refractivity contribution in [3.05, 3.63) is 189 Å². The number of hydrogen-bond donors (Lipinski definition) is 0. The van der Waals surface area contributed by atoms with Crippen LogP contribution in [0, 0.1) is 6.66 Å². The van der Waals surface area contributed by atoms with E-state index in [0.717, 1.165) is 0 Å². The van der Waals surface area contributed by atoms with Crippen LogP contribution < -0.4 is 40.3 Å². The van der Waals surface area contributed by atoms with E-state index in [1.54, 1.807) is 13.8 Å². The van der Waals surface area contributed by atoms with Gasteiger partial charge in [-0.25, -0.2) is 6.66 Å². The number of rotatable bonds is 10. The van der Waals surface area contributed by atoms with Crippen LogP contribution in [0.25, 0.3) is 0 Å². The summed E-state index contributed by atoms with van der Waals surface area (Å²) < 4.78 is 29.4. The van der Waals surface area contributed by atoms with E-state index in [2.05, 4.69) is 189 Å². The molecule has 7 heteroatoms. The SMILES string of the molecule is [CH2-]P(=O)(OCC)OCC.[Li+].c1cc[c]([Sn]([c]2ccccc2)[c]2ccccc2)cc1.c1cc[c]([Sn]([c]2ccccc2)[c]2ccccc2)cc1. The van der Waals surface area contributed by atoms with Crippen molar-refractivity contribution in [2.45, 2.75) is 13.8 Å². The van der Waals surface area contributed by atoms with E-state index in [-0.39, 0.29) is 18.9 Å². The van der Waals surface area contributed by atoms with Crippen LogP contribution in [0.1, 0.15) is 13.8 Å². The number of hydrogen-bond acceptors (Lipinski definition) is 3. The van der Waals surface area contributed by atoms with Crippen LogP contribution in [0.2, 0.25) is 0 Å². The summed E-state index contributed by atoms with van der Waals surface area (Å²) >= 11 is -3.96. The molecular weight excluding hydrogens is 816 g/mol. The molecule has 0 heterocycles. The molecule has 0 fully saturated rings. The Morgan fingerprint density at radius 3 is 0.729 bits per heavy atom. The molecule has 6 aromatic carbocycles. The van der Waals surface area contributed by atoms with Crippen molar-refractivity contribution in [3.63, 3.8) is 0 Å². The second-order valence-corrected chi connectivity index (χ2v) is 26.3. The van der Waals surface area contributed by atoms with Gasteiger partial charge in [0.15, 0.2) is 7.60 Å². The molecule has 0 bridgehead atoms. The van der Waals surface area contributed by atoms with Gasteiger partial charge in [0.1, 0.15) is 0 Å². The fourth-order valence-electron chi connectivity index (χ4n) is 5.06. The first kappa shape index (κ1) is 40.1. The molecule has 238 valence electrons. The van der Waals surface area contributed by atoms with Gasteiger partial charge in [-0.15, -0.1) is 0 Å². The topological polar surface area (TPSA) is 35.5 Å². The predicted octanol–water partition coefficient (Wildman–Crippen LogP) is 3.45. The van der Waals surface area contributed by atoms with Gasteiger partial charge in [-0.1, -0.05) is 0 Å². The van der Waals surface area contributed by atoms with E-state index in [1.165, 1.54) is 21.5 Å². The summed E-state index contributed by atoms with van der Waals surface area (Å²) in [5.41, 5.74) is 0. The van der Waals surface area contributed by atoms with Crippen molar-refractivity contribution in [1.29, 1.82) is 0 Å². The van der Waals surface area contributed by atoms with Crippen molar-refractivity contribution in [2.24, 2.45) is 0 Å². The first-order chi connectivity index (χ1) is 23.0. The van der Waals surface area contributed by atoms with Gasteiger partial charge in [0.05, 0.1) is 13.2 Å². The molecular formula is C41H42LiO3PSn2. The monoisotopic (exact) mass is 860 g/mol. The first-order valence-corrected chi connectivity index (χ1v) is 26.1. The molecule has 6 rings (SSSR count). The van der Waals surface area contributed by atoms with Crippen LogP contribution in [0.15, 0.2) is 182 Å². The molecule has 0 saturated heterocycles. The van der Waals surface area contributed by atoms with Crippen LogP contribution in [0.5, 0.6) is 0 Å². The zero-order valence-corrected chi connectivity index (χ0v) is 34.7. The molecule has 0 atom stereocenters. The Balaban J connectivity index is 0.000000207. The second kappa shape index (κ2) is 22.4. The molecule has 48 heavy (non-hydrogen) atoms. The van der Waals surface area contributed by atoms with Crippen molar-refractivity contribution in [3.8, 4) is 0 Å². The predicted molar refractivity (Wildman–Crippen MR) is 204 cm³/mol. The molecule has 0 N–H and O–H groups in total. The third-order valence-corrected chi connectivity index (χ3v) is 23.9. The average molecular weight is 858 g/mol. The van der Waals surface area contributed by atoms with E-state index in [0.29, 0.717) is 13.2 Å². The van der Waals surface area contributed by atoms with E-state index in [9.17, 15) is 4.57 Å². The van der Waals surface area contributed by atoms with Crippen molar-refractivity contribution >= 4 is 68.6 Å². The maximum absolute atomic E-state index is 10.9. The van der Waals surface area contributed by atoms with E-state index >= 15 is 0 Å². The van der Waals surface area contributed by atoms with Gasteiger partial charge in [-0.05, 0) is 13.8 Å². The Morgan fingerprint density at radius 1 is 0.417 bits per heavy atom. The molecule has 0 spiro atoms. The van der Waals surface area contributed by atoms with Gasteiger partial charge >= 0.3 is 262 Å². The first-order valence-electron chi connectivity index (χ1n) is 15.8. The summed E-state index contributed by atoms with van der Waals surface area (Å²) in [6.07, 6.45) is 0. The van der Waals surface area contributed by atoms with Crippen LogP contribution in [-0.4, -0.2) is 52.7 Å². The molecule has 0 aromatic heterocycles. The molecule has 2 radical (unpaired) electrons. The van der Waals surface area contributed by atoms with E-state index in [4.69, 9.17) is 9.05 Å². The Hall–Kier alpha value is -2.34. The molecule has 0 aliphatic rings. The summed E-state index contributed by atoms with van der Waals surface area (Å²) in [7, 11) is -2.94. The molecule has 6 aromatic rings. The molecule has 0 aliphatic carbocycles. The van der Waals surface area contributed by atoms with E-state index in [1.807, 2.05) is 0 Å². The van der Waals surface area contributed by atoms with Crippen LogP contribution in [0.3, 0.4) is 0 Å². The fraction of sp³-hybridized carbons (Fsp3) is 0.0976. The molecule has 0 unspecified atom stereocenters. The molecule has 0 amide bonds. The Bertz CT molecular complexity index is 1420. The second-order valence-electron chi connectivity index (χ2n) is 10.4. The minimum atomic E-state index is -2.94. The Kier molecular flexibility index (Phi) is 18.7. The minimum absolute atomic E-state index is 0. The molecule has 3 nitrogen and oxygen atoms in total. The van der Waals surface area contributed by atoms with Crippen molar-refractivity contribution in [1.82, 2.24) is 0 Å². The summed E-state index contributed by atoms with van der Waals surface area (Å²) in [6.45, 7) is 7.51. The van der Waals surface area contributed by atoms with Crippen molar-refractivity contribution in [2.75, 3.05) is 13.2 Å². The van der Waals surface area contributed by atoms with E-state index < -0.39 is 47.1 Å². The van der Waals surface area contributed by atoms with Crippen LogP contribution in [0.4, 0.5) is 0 Å². The van der Waals surface area contributed by atoms with Crippen LogP contribution in [-0.2, 0) is 13.6 Å². The van der Waals surface area contributed by atoms with Gasteiger partial charge in [-0.2, -0.15) is 0 Å². The zero-order chi connectivity index (χ0) is 33.2. The van der Waals surface area contributed by atoms with Crippen molar-refractivity contribution < 1.29 is 32.5 Å². The average Bonchev–Trinajstić information content (AvgIpc) is 3.12. The fourth-order valence-corrected chi connectivity index (χ4v) is 20.6. The Labute approximate surface area is 314 Å². The number of benzene rings is 6. The van der Waals surface area contributed by atoms with Gasteiger partial charge < -0.3 is 9.05 Å². The van der Waals surface area contributed by atoms with Gasteiger partial charge in [0, 0.05) is 0 Å². The molecule has 0 aliphatic heterocycles. The summed E-state index contributed by atoms with van der Waals surface area (Å²) in [4.78, 5) is 0. The summed E-state index contributed by atoms with van der Waals surface area (Å²) in [6, 6.07) is 65.9. The third kappa shape index (κ3) is 13.2. The maximum atomic E-state index is 10.9. The third-order valence-electron chi connectivity index (χ3n) is 7.03. The van der Waals surface area contributed by atoms with Gasteiger partial charge in [0.2, 0.25) is 0 Å².